The molecule has 2 fully saturated rings. The van der Waals surface area contributed by atoms with Gasteiger partial charge in [0.25, 0.3) is 17.4 Å². The Morgan fingerprint density at radius 1 is 1.00 bits per heavy atom. The number of imide groups is 2. The molecule has 0 radical (unpaired) electrons. The Kier molecular flexibility index (Phi) is 10.5. The monoisotopic (exact) mass is 762 g/mol. The lowest BCUT2D eigenvalue weighted by atomic mass is 9.58. The summed E-state index contributed by atoms with van der Waals surface area (Å²) in [5.74, 6) is 6.38. The van der Waals surface area contributed by atoms with E-state index in [9.17, 15) is 28.8 Å². The summed E-state index contributed by atoms with van der Waals surface area (Å²) in [5, 5.41) is 4.73. The highest BCUT2D eigenvalue weighted by Gasteiger charge is 2.52. The molecule has 2 N–H and O–H groups in total. The fourth-order valence-electron chi connectivity index (χ4n) is 8.87. The van der Waals surface area contributed by atoms with Gasteiger partial charge in [0.2, 0.25) is 12.3 Å². The molecule has 2 aromatic carbocycles. The molecule has 3 aliphatic heterocycles. The summed E-state index contributed by atoms with van der Waals surface area (Å²) >= 11 is 0. The predicted octanol–water partition coefficient (Wildman–Crippen LogP) is 3.07. The zero-order valence-corrected chi connectivity index (χ0v) is 32.3. The number of ether oxygens (including phenoxy) is 2. The fraction of sp³-hybridized carbons (Fsp3) is 0.429. The summed E-state index contributed by atoms with van der Waals surface area (Å²) in [6, 6.07) is 7.65. The van der Waals surface area contributed by atoms with Gasteiger partial charge in [0.1, 0.15) is 17.5 Å². The van der Waals surface area contributed by atoms with Crippen molar-refractivity contribution in [3.8, 4) is 34.5 Å². The quantitative estimate of drug-likeness (QED) is 0.180. The van der Waals surface area contributed by atoms with Crippen molar-refractivity contribution in [3.63, 3.8) is 0 Å². The highest BCUT2D eigenvalue weighted by Crippen LogP contribution is 2.52. The number of urea groups is 1. The molecule has 56 heavy (non-hydrogen) atoms. The minimum Gasteiger partial charge on any atom is -0.496 e. The number of hydrogen-bond donors (Lipinski definition) is 2. The maximum absolute atomic E-state index is 13.3. The summed E-state index contributed by atoms with van der Waals surface area (Å²) < 4.78 is 13.4. The zero-order chi connectivity index (χ0) is 39.9. The SMILES string of the molecule is CCCC(C(=O)NC=O)N1C(=O)c2ccc(C#CC3CC4(C3)CN(Cc3c(OC)cc(-c5cn(C)c(=O)c6c5CCN(C(=O)NC)C6)cc3OC)C4)cc2C1=O. The van der Waals surface area contributed by atoms with Crippen LogP contribution in [0.15, 0.2) is 41.3 Å². The van der Waals surface area contributed by atoms with Gasteiger partial charge in [-0.1, -0.05) is 25.2 Å². The lowest BCUT2D eigenvalue weighted by molar-refractivity contribution is -0.128. The van der Waals surface area contributed by atoms with Crippen molar-refractivity contribution in [2.45, 2.75) is 58.2 Å². The smallest absolute Gasteiger partial charge is 0.317 e. The van der Waals surface area contributed by atoms with Crippen molar-refractivity contribution in [3.05, 3.63) is 80.3 Å². The molecule has 1 saturated carbocycles. The molecule has 1 atom stereocenters. The van der Waals surface area contributed by atoms with Gasteiger partial charge in [-0.05, 0) is 72.6 Å². The second-order valence-electron chi connectivity index (χ2n) is 15.2. The maximum Gasteiger partial charge on any atom is 0.317 e. The summed E-state index contributed by atoms with van der Waals surface area (Å²) in [7, 11) is 6.60. The van der Waals surface area contributed by atoms with Crippen molar-refractivity contribution in [1.29, 1.82) is 0 Å². The molecule has 1 spiro atoms. The molecule has 1 saturated heterocycles. The Morgan fingerprint density at radius 3 is 2.34 bits per heavy atom. The maximum atomic E-state index is 13.3. The van der Waals surface area contributed by atoms with E-state index < -0.39 is 23.8 Å². The number of likely N-dealkylation sites (tertiary alicyclic amines) is 1. The van der Waals surface area contributed by atoms with Crippen molar-refractivity contribution >= 4 is 30.2 Å². The van der Waals surface area contributed by atoms with Crippen molar-refractivity contribution in [2.75, 3.05) is 40.9 Å². The number of aryl methyl sites for hydroxylation is 1. The van der Waals surface area contributed by atoms with Gasteiger partial charge >= 0.3 is 6.03 Å². The fourth-order valence-corrected chi connectivity index (χ4v) is 8.87. The molecule has 3 aromatic rings. The molecule has 14 nitrogen and oxygen atoms in total. The number of fused-ring (bicyclic) bond motifs is 2. The van der Waals surface area contributed by atoms with Gasteiger partial charge in [0.15, 0.2) is 0 Å². The lowest BCUT2D eigenvalue weighted by Gasteiger charge is -2.58. The number of nitrogens with zero attached hydrogens (tertiary/aromatic N) is 4. The number of rotatable bonds is 10. The third-order valence-corrected chi connectivity index (χ3v) is 11.6. The van der Waals surface area contributed by atoms with Crippen LogP contribution in [0.4, 0.5) is 4.79 Å². The minimum absolute atomic E-state index is 0.116. The molecule has 1 aliphatic carbocycles. The van der Waals surface area contributed by atoms with Crippen LogP contribution in [0.1, 0.15) is 75.6 Å². The summed E-state index contributed by atoms with van der Waals surface area (Å²) in [5.41, 5.74) is 5.41. The average Bonchev–Trinajstić information content (AvgIpc) is 3.42. The number of carbonyl (C=O) groups excluding carboxylic acids is 5. The van der Waals surface area contributed by atoms with E-state index in [0.29, 0.717) is 48.6 Å². The Bertz CT molecular complexity index is 2230. The van der Waals surface area contributed by atoms with E-state index in [2.05, 4.69) is 27.4 Å². The van der Waals surface area contributed by atoms with E-state index in [1.165, 1.54) is 0 Å². The summed E-state index contributed by atoms with van der Waals surface area (Å²) in [4.78, 5) is 80.3. The molecule has 14 heteroatoms. The predicted molar refractivity (Wildman–Crippen MR) is 206 cm³/mol. The first kappa shape index (κ1) is 38.3. The van der Waals surface area contributed by atoms with Gasteiger partial charge in [-0.3, -0.25) is 39.1 Å². The standard InChI is InChI=1S/C42H46N6O8/c1-6-7-34(37(50)44-24-49)48-39(52)29-11-10-25(14-30(29)40(48)53)8-9-26-17-42(18-26)22-46(23-42)20-33-35(55-4)15-27(16-36(33)56-5)31-19-45(3)38(51)32-21-47(41(54)43-2)13-12-28(31)32/h10-11,14-16,19,24,26,34H,6-7,12-13,17-18,20-23H2,1-5H3,(H,43,54)(H,44,49,50). The molecule has 292 valence electrons. The number of carbonyl (C=O) groups is 5. The van der Waals surface area contributed by atoms with Crippen LogP contribution in [-0.2, 0) is 36.1 Å². The van der Waals surface area contributed by atoms with Crippen LogP contribution in [0, 0.1) is 23.2 Å². The molecule has 7 rings (SSSR count). The third kappa shape index (κ3) is 6.81. The van der Waals surface area contributed by atoms with Crippen LogP contribution in [0.25, 0.3) is 11.1 Å². The Labute approximate surface area is 325 Å². The van der Waals surface area contributed by atoms with Gasteiger partial charge in [-0.2, -0.15) is 0 Å². The highest BCUT2D eigenvalue weighted by molar-refractivity contribution is 6.23. The lowest BCUT2D eigenvalue weighted by Crippen LogP contribution is -2.61. The molecule has 4 aliphatic rings. The second kappa shape index (κ2) is 15.3. The number of nitrogens with one attached hydrogen (secondary N) is 2. The van der Waals surface area contributed by atoms with Crippen LogP contribution in [0.2, 0.25) is 0 Å². The first-order chi connectivity index (χ1) is 26.9. The molecule has 1 unspecified atom stereocenters. The first-order valence-electron chi connectivity index (χ1n) is 18.9. The molecule has 4 heterocycles. The molecular weight excluding hydrogens is 716 g/mol. The topological polar surface area (TPSA) is 160 Å². The van der Waals surface area contributed by atoms with Gasteiger partial charge in [0.05, 0.1) is 37.5 Å². The van der Waals surface area contributed by atoms with Crippen molar-refractivity contribution < 1.29 is 33.4 Å². The van der Waals surface area contributed by atoms with E-state index in [0.717, 1.165) is 53.1 Å². The van der Waals surface area contributed by atoms with Crippen LogP contribution in [0.5, 0.6) is 11.5 Å². The van der Waals surface area contributed by atoms with Gasteiger partial charge in [0, 0.05) is 69.1 Å². The number of benzene rings is 2. The van der Waals surface area contributed by atoms with Crippen LogP contribution in [0.3, 0.4) is 0 Å². The Hall–Kier alpha value is -5.94. The minimum atomic E-state index is -1.07. The molecular formula is C42H46N6O8. The van der Waals surface area contributed by atoms with Gasteiger partial charge in [-0.15, -0.1) is 0 Å². The van der Waals surface area contributed by atoms with E-state index in [-0.39, 0.29) is 53.4 Å². The summed E-state index contributed by atoms with van der Waals surface area (Å²) in [6.45, 7) is 5.06. The Morgan fingerprint density at radius 2 is 1.70 bits per heavy atom. The number of pyridine rings is 1. The third-order valence-electron chi connectivity index (χ3n) is 11.6. The van der Waals surface area contributed by atoms with Crippen molar-refractivity contribution in [1.82, 2.24) is 29.9 Å². The molecule has 0 bridgehead atoms. The van der Waals surface area contributed by atoms with Crippen LogP contribution >= 0.6 is 0 Å². The number of hydrogen-bond acceptors (Lipinski definition) is 9. The Balaban J connectivity index is 1.00. The van der Waals surface area contributed by atoms with Gasteiger partial charge < -0.3 is 24.3 Å². The van der Waals surface area contributed by atoms with E-state index in [1.54, 1.807) is 56.0 Å². The van der Waals surface area contributed by atoms with E-state index in [1.807, 2.05) is 25.3 Å². The summed E-state index contributed by atoms with van der Waals surface area (Å²) in [6.07, 6.45) is 5.36. The number of aromatic nitrogens is 1. The van der Waals surface area contributed by atoms with E-state index >= 15 is 0 Å². The number of amides is 6. The molecule has 1 aromatic heterocycles. The van der Waals surface area contributed by atoms with E-state index in [4.69, 9.17) is 9.47 Å². The zero-order valence-electron chi connectivity index (χ0n) is 32.3. The highest BCUT2D eigenvalue weighted by atomic mass is 16.5. The largest absolute Gasteiger partial charge is 0.496 e. The average molecular weight is 763 g/mol. The second-order valence-corrected chi connectivity index (χ2v) is 15.2. The van der Waals surface area contributed by atoms with Crippen LogP contribution < -0.4 is 25.7 Å². The molecule has 6 amide bonds. The van der Waals surface area contributed by atoms with Crippen molar-refractivity contribution in [2.24, 2.45) is 18.4 Å². The normalized spacial score (nSPS) is 17.5. The first-order valence-corrected chi connectivity index (χ1v) is 18.9. The van der Waals surface area contributed by atoms with Gasteiger partial charge in [-0.25, -0.2) is 4.79 Å². The van der Waals surface area contributed by atoms with Crippen LogP contribution in [-0.4, -0.2) is 96.4 Å². The number of methoxy groups -OCH3 is 2.